The van der Waals surface area contributed by atoms with Crippen molar-refractivity contribution in [1.29, 1.82) is 0 Å². The maximum atomic E-state index is 11.9. The maximum absolute atomic E-state index is 11.9. The molecular formula is C13H12N2O2S. The van der Waals surface area contributed by atoms with Gasteiger partial charge in [0.1, 0.15) is 0 Å². The van der Waals surface area contributed by atoms with E-state index in [1.165, 1.54) is 4.90 Å². The third-order valence-electron chi connectivity index (χ3n) is 3.44. The number of amides is 2. The zero-order valence-corrected chi connectivity index (χ0v) is 10.4. The normalized spacial score (nSPS) is 25.2. The Morgan fingerprint density at radius 3 is 2.28 bits per heavy atom. The second kappa shape index (κ2) is 3.88. The molecule has 5 heteroatoms. The third kappa shape index (κ3) is 1.71. The van der Waals surface area contributed by atoms with Crippen molar-refractivity contribution in [2.75, 3.05) is 4.90 Å². The second-order valence-corrected chi connectivity index (χ2v) is 5.29. The lowest BCUT2D eigenvalue weighted by atomic mass is 10.1. The summed E-state index contributed by atoms with van der Waals surface area (Å²) in [6.45, 7) is 0. The van der Waals surface area contributed by atoms with Crippen LogP contribution in [-0.2, 0) is 16.0 Å². The van der Waals surface area contributed by atoms with E-state index in [1.807, 2.05) is 12.1 Å². The van der Waals surface area contributed by atoms with Gasteiger partial charge in [-0.3, -0.25) is 14.5 Å². The van der Waals surface area contributed by atoms with Crippen molar-refractivity contribution in [3.8, 4) is 0 Å². The van der Waals surface area contributed by atoms with Gasteiger partial charge in [-0.1, -0.05) is 24.4 Å². The summed E-state index contributed by atoms with van der Waals surface area (Å²) in [6.07, 6.45) is 1.26. The topological polar surface area (TPSA) is 63.4 Å². The monoisotopic (exact) mass is 260 g/mol. The Hall–Kier alpha value is -1.75. The molecule has 2 fully saturated rings. The SMILES string of the molecule is NC(=S)Cc1ccc(N2C(=O)C3CC3C2=O)cc1. The molecule has 1 saturated carbocycles. The molecule has 18 heavy (non-hydrogen) atoms. The molecule has 2 atom stereocenters. The first-order valence-electron chi connectivity index (χ1n) is 5.83. The van der Waals surface area contributed by atoms with Crippen LogP contribution in [0.5, 0.6) is 0 Å². The number of anilines is 1. The second-order valence-electron chi connectivity index (χ2n) is 4.77. The molecule has 0 bridgehead atoms. The zero-order valence-electron chi connectivity index (χ0n) is 9.63. The van der Waals surface area contributed by atoms with Crippen LogP contribution in [0.2, 0.25) is 0 Å². The summed E-state index contributed by atoms with van der Waals surface area (Å²) >= 11 is 4.84. The average molecular weight is 260 g/mol. The molecule has 1 aromatic rings. The number of hydrogen-bond donors (Lipinski definition) is 1. The molecule has 1 heterocycles. The molecule has 92 valence electrons. The largest absolute Gasteiger partial charge is 0.393 e. The van der Waals surface area contributed by atoms with Gasteiger partial charge in [0.25, 0.3) is 0 Å². The Morgan fingerprint density at radius 1 is 1.22 bits per heavy atom. The van der Waals surface area contributed by atoms with Gasteiger partial charge in [-0.05, 0) is 24.1 Å². The first-order chi connectivity index (χ1) is 8.58. The number of hydrogen-bond acceptors (Lipinski definition) is 3. The van der Waals surface area contributed by atoms with Crippen molar-refractivity contribution in [2.24, 2.45) is 17.6 Å². The Bertz CT molecular complexity index is 533. The third-order valence-corrected chi connectivity index (χ3v) is 3.58. The van der Waals surface area contributed by atoms with E-state index in [9.17, 15) is 9.59 Å². The Labute approximate surface area is 110 Å². The smallest absolute Gasteiger partial charge is 0.237 e. The molecule has 0 radical (unpaired) electrons. The van der Waals surface area contributed by atoms with Gasteiger partial charge in [-0.25, -0.2) is 0 Å². The van der Waals surface area contributed by atoms with Crippen molar-refractivity contribution in [3.63, 3.8) is 0 Å². The van der Waals surface area contributed by atoms with Crippen LogP contribution in [0.1, 0.15) is 12.0 Å². The van der Waals surface area contributed by atoms with Gasteiger partial charge in [0.2, 0.25) is 11.8 Å². The molecule has 1 saturated heterocycles. The van der Waals surface area contributed by atoms with E-state index in [0.717, 1.165) is 12.0 Å². The van der Waals surface area contributed by atoms with Gasteiger partial charge in [0.15, 0.2) is 0 Å². The molecule has 2 N–H and O–H groups in total. The van der Waals surface area contributed by atoms with Crippen LogP contribution >= 0.6 is 12.2 Å². The fourth-order valence-electron chi connectivity index (χ4n) is 2.40. The number of benzene rings is 1. The summed E-state index contributed by atoms with van der Waals surface area (Å²) in [7, 11) is 0. The Balaban J connectivity index is 1.83. The van der Waals surface area contributed by atoms with E-state index < -0.39 is 0 Å². The van der Waals surface area contributed by atoms with Crippen molar-refractivity contribution in [3.05, 3.63) is 29.8 Å². The van der Waals surface area contributed by atoms with Crippen molar-refractivity contribution < 1.29 is 9.59 Å². The van der Waals surface area contributed by atoms with Crippen LogP contribution in [0.25, 0.3) is 0 Å². The van der Waals surface area contributed by atoms with Gasteiger partial charge in [-0.2, -0.15) is 0 Å². The lowest BCUT2D eigenvalue weighted by molar-refractivity contribution is -0.123. The number of nitrogens with zero attached hydrogens (tertiary/aromatic N) is 1. The standard InChI is InChI=1S/C13H12N2O2S/c14-11(18)5-7-1-3-8(4-2-7)15-12(16)9-6-10(9)13(15)17/h1-4,9-10H,5-6H2,(H2,14,18). The van der Waals surface area contributed by atoms with Crippen LogP contribution in [-0.4, -0.2) is 16.8 Å². The first kappa shape index (κ1) is 11.3. The van der Waals surface area contributed by atoms with E-state index in [-0.39, 0.29) is 23.7 Å². The number of fused-ring (bicyclic) bond motifs is 1. The molecule has 2 unspecified atom stereocenters. The van der Waals surface area contributed by atoms with Gasteiger partial charge < -0.3 is 5.73 Å². The van der Waals surface area contributed by atoms with Gasteiger partial charge in [0, 0.05) is 6.42 Å². The van der Waals surface area contributed by atoms with Crippen molar-refractivity contribution in [1.82, 2.24) is 0 Å². The Kier molecular flexibility index (Phi) is 2.45. The summed E-state index contributed by atoms with van der Waals surface area (Å²) in [5, 5.41) is 0. The summed E-state index contributed by atoms with van der Waals surface area (Å²) in [6, 6.07) is 7.24. The number of nitrogens with two attached hydrogens (primary N) is 1. The summed E-state index contributed by atoms with van der Waals surface area (Å²) < 4.78 is 0. The van der Waals surface area contributed by atoms with Gasteiger partial charge >= 0.3 is 0 Å². The zero-order chi connectivity index (χ0) is 12.9. The van der Waals surface area contributed by atoms with E-state index >= 15 is 0 Å². The highest BCUT2D eigenvalue weighted by Crippen LogP contribution is 2.48. The molecule has 3 rings (SSSR count). The summed E-state index contributed by atoms with van der Waals surface area (Å²) in [5.41, 5.74) is 7.09. The van der Waals surface area contributed by atoms with Gasteiger partial charge in [0.05, 0.1) is 22.5 Å². The van der Waals surface area contributed by atoms with Gasteiger partial charge in [-0.15, -0.1) is 0 Å². The fourth-order valence-corrected chi connectivity index (χ4v) is 2.57. The molecule has 1 aliphatic carbocycles. The summed E-state index contributed by atoms with van der Waals surface area (Å²) in [5.74, 6) is -0.248. The van der Waals surface area contributed by atoms with Crippen LogP contribution < -0.4 is 10.6 Å². The number of carbonyl (C=O) groups is 2. The molecule has 1 aromatic carbocycles. The number of thiocarbonyl (C=S) groups is 1. The molecule has 2 amide bonds. The number of rotatable bonds is 3. The molecule has 4 nitrogen and oxygen atoms in total. The van der Waals surface area contributed by atoms with E-state index in [4.69, 9.17) is 18.0 Å². The molecule has 2 aliphatic rings. The van der Waals surface area contributed by atoms with Crippen molar-refractivity contribution in [2.45, 2.75) is 12.8 Å². The first-order valence-corrected chi connectivity index (χ1v) is 6.24. The minimum absolute atomic E-state index is 0.0613. The van der Waals surface area contributed by atoms with Crippen LogP contribution in [0, 0.1) is 11.8 Å². The van der Waals surface area contributed by atoms with E-state index in [1.54, 1.807) is 12.1 Å². The average Bonchev–Trinajstić information content (AvgIpc) is 3.06. The quantitative estimate of drug-likeness (QED) is 0.651. The van der Waals surface area contributed by atoms with Crippen LogP contribution in [0.3, 0.4) is 0 Å². The highest BCUT2D eigenvalue weighted by molar-refractivity contribution is 7.80. The molecule has 0 spiro atoms. The summed E-state index contributed by atoms with van der Waals surface area (Å²) in [4.78, 5) is 25.5. The maximum Gasteiger partial charge on any atom is 0.237 e. The minimum atomic E-state index is -0.0629. The van der Waals surface area contributed by atoms with E-state index in [2.05, 4.69) is 0 Å². The predicted octanol–water partition coefficient (Wildman–Crippen LogP) is 1.02. The lowest BCUT2D eigenvalue weighted by Gasteiger charge is -2.16. The van der Waals surface area contributed by atoms with Crippen LogP contribution in [0.4, 0.5) is 5.69 Å². The number of carbonyl (C=O) groups excluding carboxylic acids is 2. The highest BCUT2D eigenvalue weighted by Gasteiger charge is 2.59. The van der Waals surface area contributed by atoms with E-state index in [0.29, 0.717) is 17.1 Å². The number of piperidine rings is 1. The highest BCUT2D eigenvalue weighted by atomic mass is 32.1. The van der Waals surface area contributed by atoms with Crippen molar-refractivity contribution >= 4 is 34.7 Å². The lowest BCUT2D eigenvalue weighted by Crippen LogP contribution is -2.32. The predicted molar refractivity (Wildman–Crippen MR) is 71.0 cm³/mol. The molecule has 0 aromatic heterocycles. The molecule has 1 aliphatic heterocycles. The fraction of sp³-hybridized carbons (Fsp3) is 0.308. The minimum Gasteiger partial charge on any atom is -0.393 e. The molecular weight excluding hydrogens is 248 g/mol. The Morgan fingerprint density at radius 2 is 1.78 bits per heavy atom. The van der Waals surface area contributed by atoms with Crippen LogP contribution in [0.15, 0.2) is 24.3 Å². The number of imide groups is 1.